The predicted molar refractivity (Wildman–Crippen MR) is 75.3 cm³/mol. The summed E-state index contributed by atoms with van der Waals surface area (Å²) in [6.07, 6.45) is 2.89. The second-order valence-electron chi connectivity index (χ2n) is 3.93. The maximum atomic E-state index is 12.0. The van der Waals surface area contributed by atoms with Crippen LogP contribution in [0.5, 0.6) is 0 Å². The number of aromatic nitrogens is 2. The van der Waals surface area contributed by atoms with E-state index in [-0.39, 0.29) is 5.69 Å². The minimum Gasteiger partial charge on any atom is -0.369 e. The Kier molecular flexibility index (Phi) is 4.24. The monoisotopic (exact) mass is 267 g/mol. The smallest absolute Gasteiger partial charge is 0.275 e. The molecule has 6 heteroatoms. The first-order valence-corrected chi connectivity index (χ1v) is 6.11. The molecule has 2 N–H and O–H groups in total. The molecule has 0 atom stereocenters. The zero-order chi connectivity index (χ0) is 14.4. The zero-order valence-corrected chi connectivity index (χ0v) is 10.9. The van der Waals surface area contributed by atoms with Crippen LogP contribution in [-0.4, -0.2) is 22.4 Å². The second-order valence-corrected chi connectivity index (χ2v) is 3.93. The van der Waals surface area contributed by atoms with E-state index in [1.165, 1.54) is 12.4 Å². The summed E-state index contributed by atoms with van der Waals surface area (Å²) in [5, 5.41) is 14.6. The Morgan fingerprint density at radius 3 is 2.75 bits per heavy atom. The van der Waals surface area contributed by atoms with E-state index in [1.54, 1.807) is 24.3 Å². The van der Waals surface area contributed by atoms with Gasteiger partial charge in [0.05, 0.1) is 23.6 Å². The van der Waals surface area contributed by atoms with Gasteiger partial charge in [0.1, 0.15) is 17.6 Å². The average Bonchev–Trinajstić information content (AvgIpc) is 2.49. The molecule has 100 valence electrons. The van der Waals surface area contributed by atoms with Gasteiger partial charge in [0.15, 0.2) is 0 Å². The molecule has 0 aliphatic carbocycles. The molecule has 1 amide bonds. The molecule has 0 aliphatic heterocycles. The van der Waals surface area contributed by atoms with Crippen LogP contribution in [0, 0.1) is 11.3 Å². The molecule has 20 heavy (non-hydrogen) atoms. The molecule has 0 bridgehead atoms. The first-order valence-electron chi connectivity index (χ1n) is 6.11. The van der Waals surface area contributed by atoms with E-state index in [1.807, 2.05) is 13.0 Å². The Balaban J connectivity index is 2.14. The number of hydrogen-bond donors (Lipinski definition) is 2. The summed E-state index contributed by atoms with van der Waals surface area (Å²) < 4.78 is 0. The van der Waals surface area contributed by atoms with Gasteiger partial charge in [-0.2, -0.15) is 5.26 Å². The van der Waals surface area contributed by atoms with Crippen LogP contribution in [0.1, 0.15) is 23.0 Å². The zero-order valence-electron chi connectivity index (χ0n) is 10.9. The Hall–Kier alpha value is -2.94. The number of para-hydroxylation sites is 1. The van der Waals surface area contributed by atoms with Crippen LogP contribution in [0.4, 0.5) is 11.5 Å². The van der Waals surface area contributed by atoms with Crippen LogP contribution in [0.2, 0.25) is 0 Å². The summed E-state index contributed by atoms with van der Waals surface area (Å²) in [6, 6.07) is 8.80. The van der Waals surface area contributed by atoms with E-state index in [0.717, 1.165) is 6.54 Å². The number of anilines is 2. The summed E-state index contributed by atoms with van der Waals surface area (Å²) >= 11 is 0. The van der Waals surface area contributed by atoms with Crippen LogP contribution < -0.4 is 10.6 Å². The average molecular weight is 267 g/mol. The number of nitriles is 1. The first kappa shape index (κ1) is 13.5. The van der Waals surface area contributed by atoms with Gasteiger partial charge in [-0.05, 0) is 19.1 Å². The molecule has 0 saturated heterocycles. The van der Waals surface area contributed by atoms with Gasteiger partial charge < -0.3 is 10.6 Å². The highest BCUT2D eigenvalue weighted by atomic mass is 16.1. The summed E-state index contributed by atoms with van der Waals surface area (Å²) in [5.41, 5.74) is 1.05. The van der Waals surface area contributed by atoms with Crippen molar-refractivity contribution < 1.29 is 4.79 Å². The summed E-state index contributed by atoms with van der Waals surface area (Å²) in [7, 11) is 0. The fourth-order valence-corrected chi connectivity index (χ4v) is 1.59. The van der Waals surface area contributed by atoms with Gasteiger partial charge >= 0.3 is 0 Å². The normalized spacial score (nSPS) is 9.60. The number of carbonyl (C=O) groups excluding carboxylic acids is 1. The van der Waals surface area contributed by atoms with Gasteiger partial charge in [-0.15, -0.1) is 0 Å². The molecule has 2 rings (SSSR count). The van der Waals surface area contributed by atoms with E-state index in [2.05, 4.69) is 20.6 Å². The van der Waals surface area contributed by atoms with Crippen molar-refractivity contribution >= 4 is 17.4 Å². The summed E-state index contributed by atoms with van der Waals surface area (Å²) in [6.45, 7) is 2.68. The molecule has 1 heterocycles. The molecule has 0 radical (unpaired) electrons. The number of benzene rings is 1. The summed E-state index contributed by atoms with van der Waals surface area (Å²) in [5.74, 6) is 0.213. The molecule has 0 spiro atoms. The highest BCUT2D eigenvalue weighted by Gasteiger charge is 2.10. The van der Waals surface area contributed by atoms with Crippen LogP contribution in [0.25, 0.3) is 0 Å². The molecule has 1 aromatic heterocycles. The van der Waals surface area contributed by atoms with Crippen LogP contribution in [-0.2, 0) is 0 Å². The molecule has 6 nitrogen and oxygen atoms in total. The Bertz CT molecular complexity index is 645. The Morgan fingerprint density at radius 2 is 2.10 bits per heavy atom. The predicted octanol–water partition coefficient (Wildman–Crippen LogP) is 2.03. The van der Waals surface area contributed by atoms with Crippen molar-refractivity contribution in [3.05, 3.63) is 47.9 Å². The van der Waals surface area contributed by atoms with Crippen molar-refractivity contribution in [2.45, 2.75) is 6.92 Å². The molecule has 0 saturated carbocycles. The maximum absolute atomic E-state index is 12.0. The fraction of sp³-hybridized carbons (Fsp3) is 0.143. The van der Waals surface area contributed by atoms with E-state index < -0.39 is 5.91 Å². The Morgan fingerprint density at radius 1 is 1.30 bits per heavy atom. The third kappa shape index (κ3) is 3.09. The van der Waals surface area contributed by atoms with E-state index >= 15 is 0 Å². The highest BCUT2D eigenvalue weighted by molar-refractivity contribution is 6.03. The van der Waals surface area contributed by atoms with Crippen molar-refractivity contribution in [3.63, 3.8) is 0 Å². The van der Waals surface area contributed by atoms with E-state index in [4.69, 9.17) is 5.26 Å². The molecule has 0 aliphatic rings. The minimum absolute atomic E-state index is 0.194. The lowest BCUT2D eigenvalue weighted by Crippen LogP contribution is -2.15. The first-order chi connectivity index (χ1) is 9.74. The van der Waals surface area contributed by atoms with Gasteiger partial charge in [-0.25, -0.2) is 9.97 Å². The van der Waals surface area contributed by atoms with E-state index in [9.17, 15) is 4.79 Å². The molecule has 2 aromatic rings. The largest absolute Gasteiger partial charge is 0.369 e. The molecule has 1 aromatic carbocycles. The lowest BCUT2D eigenvalue weighted by Gasteiger charge is -2.06. The second kappa shape index (κ2) is 6.29. The number of hydrogen-bond acceptors (Lipinski definition) is 5. The van der Waals surface area contributed by atoms with Crippen molar-refractivity contribution in [2.24, 2.45) is 0 Å². The quantitative estimate of drug-likeness (QED) is 0.884. The van der Waals surface area contributed by atoms with Crippen molar-refractivity contribution in [1.82, 2.24) is 9.97 Å². The van der Waals surface area contributed by atoms with Gasteiger partial charge in [-0.3, -0.25) is 4.79 Å². The number of nitrogens with zero attached hydrogens (tertiary/aromatic N) is 3. The minimum atomic E-state index is -0.400. The van der Waals surface area contributed by atoms with Crippen molar-refractivity contribution in [2.75, 3.05) is 17.2 Å². The van der Waals surface area contributed by atoms with E-state index in [0.29, 0.717) is 17.1 Å². The molecular formula is C14H13N5O. The van der Waals surface area contributed by atoms with Gasteiger partial charge in [-0.1, -0.05) is 12.1 Å². The van der Waals surface area contributed by atoms with Crippen LogP contribution in [0.15, 0.2) is 36.7 Å². The van der Waals surface area contributed by atoms with Gasteiger partial charge in [0.2, 0.25) is 0 Å². The number of nitrogens with one attached hydrogen (secondary N) is 2. The lowest BCUT2D eigenvalue weighted by atomic mass is 10.2. The van der Waals surface area contributed by atoms with Crippen LogP contribution >= 0.6 is 0 Å². The van der Waals surface area contributed by atoms with Crippen molar-refractivity contribution in [1.29, 1.82) is 5.26 Å². The van der Waals surface area contributed by atoms with Crippen molar-refractivity contribution in [3.8, 4) is 6.07 Å². The molecule has 0 fully saturated rings. The fourth-order valence-electron chi connectivity index (χ4n) is 1.59. The lowest BCUT2D eigenvalue weighted by molar-refractivity contribution is 0.102. The molecular weight excluding hydrogens is 254 g/mol. The third-order valence-corrected chi connectivity index (χ3v) is 2.54. The SMILES string of the molecule is CCNc1cnc(C(=O)Nc2ccccc2C#N)cn1. The third-order valence-electron chi connectivity index (χ3n) is 2.54. The van der Waals surface area contributed by atoms with Gasteiger partial charge in [0.25, 0.3) is 5.91 Å². The highest BCUT2D eigenvalue weighted by Crippen LogP contribution is 2.14. The summed E-state index contributed by atoms with van der Waals surface area (Å²) in [4.78, 5) is 20.1. The standard InChI is InChI=1S/C14H13N5O/c1-2-16-13-9-17-12(8-18-13)14(20)19-11-6-4-3-5-10(11)7-15/h3-6,8-9H,2H2,1H3,(H,16,18)(H,19,20). The number of amides is 1. The number of carbonyl (C=O) groups is 1. The number of rotatable bonds is 4. The topological polar surface area (TPSA) is 90.7 Å². The van der Waals surface area contributed by atoms with Gasteiger partial charge in [0, 0.05) is 6.54 Å². The van der Waals surface area contributed by atoms with Crippen LogP contribution in [0.3, 0.4) is 0 Å². The molecule has 0 unspecified atom stereocenters. The Labute approximate surface area is 116 Å². The maximum Gasteiger partial charge on any atom is 0.275 e.